The minimum absolute atomic E-state index is 0.493. The Balaban J connectivity index is 2.68. The molecule has 0 saturated heterocycles. The monoisotopic (exact) mass is 420 g/mol. The highest BCUT2D eigenvalue weighted by Crippen LogP contribution is 2.55. The molecule has 0 heterocycles. The van der Waals surface area contributed by atoms with Crippen molar-refractivity contribution in [2.75, 3.05) is 0 Å². The maximum absolute atomic E-state index is 2.60. The molecule has 0 heteroatoms. The fraction of sp³-hybridized carbons (Fsp3) is 1.00. The fourth-order valence-corrected chi connectivity index (χ4v) is 7.01. The van der Waals surface area contributed by atoms with E-state index in [0.29, 0.717) is 5.41 Å². The lowest BCUT2D eigenvalue weighted by molar-refractivity contribution is 0.126. The molecule has 0 aromatic carbocycles. The first-order chi connectivity index (χ1) is 14.1. The van der Waals surface area contributed by atoms with E-state index in [-0.39, 0.29) is 0 Å². The van der Waals surface area contributed by atoms with E-state index in [1.54, 1.807) is 0 Å². The Morgan fingerprint density at radius 3 is 1.90 bits per heavy atom. The Bertz CT molecular complexity index is 429. The first-order valence-electron chi connectivity index (χ1n) is 14.1. The van der Waals surface area contributed by atoms with Crippen LogP contribution >= 0.6 is 0 Å². The molecule has 0 N–H and O–H groups in total. The van der Waals surface area contributed by atoms with Crippen molar-refractivity contribution in [1.82, 2.24) is 0 Å². The van der Waals surface area contributed by atoms with Crippen LogP contribution < -0.4 is 0 Å². The molecule has 0 bridgehead atoms. The molecule has 1 rings (SSSR count). The lowest BCUT2D eigenvalue weighted by atomic mass is 9.68. The van der Waals surface area contributed by atoms with E-state index < -0.39 is 0 Å². The van der Waals surface area contributed by atoms with E-state index in [9.17, 15) is 0 Å². The van der Waals surface area contributed by atoms with Gasteiger partial charge in [-0.05, 0) is 84.9 Å². The summed E-state index contributed by atoms with van der Waals surface area (Å²) >= 11 is 0. The smallest absolute Gasteiger partial charge is 0.0349 e. The van der Waals surface area contributed by atoms with Crippen molar-refractivity contribution < 1.29 is 0 Å². The third-order valence-corrected chi connectivity index (χ3v) is 9.12. The molecule has 6 unspecified atom stereocenters. The molecule has 180 valence electrons. The molecule has 0 radical (unpaired) electrons. The normalized spacial score (nSPS) is 23.6. The van der Waals surface area contributed by atoms with Gasteiger partial charge in [0.2, 0.25) is 0 Å². The fourth-order valence-electron chi connectivity index (χ4n) is 7.01. The second kappa shape index (κ2) is 13.5. The third-order valence-electron chi connectivity index (χ3n) is 9.12. The van der Waals surface area contributed by atoms with Gasteiger partial charge in [-0.25, -0.2) is 0 Å². The van der Waals surface area contributed by atoms with Gasteiger partial charge >= 0.3 is 0 Å². The second-order valence-corrected chi connectivity index (χ2v) is 12.4. The summed E-state index contributed by atoms with van der Waals surface area (Å²) in [6, 6.07) is 0. The van der Waals surface area contributed by atoms with E-state index in [2.05, 4.69) is 69.2 Å². The van der Waals surface area contributed by atoms with Crippen LogP contribution in [0.2, 0.25) is 0 Å². The second-order valence-electron chi connectivity index (χ2n) is 12.4. The zero-order valence-corrected chi connectivity index (χ0v) is 22.9. The van der Waals surface area contributed by atoms with Crippen molar-refractivity contribution in [3.05, 3.63) is 0 Å². The Morgan fingerprint density at radius 1 is 0.800 bits per heavy atom. The molecule has 1 saturated carbocycles. The molecule has 0 aliphatic heterocycles. The van der Waals surface area contributed by atoms with Gasteiger partial charge in [-0.2, -0.15) is 0 Å². The standard InChI is InChI=1S/C30H60/c1-11-16-17-27(22(6)7)25(14-4)20-30(9,10)21-26(15-5)29-19-28(29)23(8)18-24(12-2)13-3/h22-29H,11-21H2,1-10H3. The average molecular weight is 421 g/mol. The number of hydrogen-bond donors (Lipinski definition) is 0. The highest BCUT2D eigenvalue weighted by Gasteiger charge is 2.46. The zero-order chi connectivity index (χ0) is 22.9. The highest BCUT2D eigenvalue weighted by molar-refractivity contribution is 4.96. The summed E-state index contributed by atoms with van der Waals surface area (Å²) < 4.78 is 0. The first-order valence-corrected chi connectivity index (χ1v) is 14.1. The van der Waals surface area contributed by atoms with Gasteiger partial charge in [-0.1, -0.05) is 108 Å². The summed E-state index contributed by atoms with van der Waals surface area (Å²) in [7, 11) is 0. The summed E-state index contributed by atoms with van der Waals surface area (Å²) in [5.41, 5.74) is 0.493. The number of hydrogen-bond acceptors (Lipinski definition) is 0. The van der Waals surface area contributed by atoms with Crippen molar-refractivity contribution >= 4 is 0 Å². The molecule has 1 fully saturated rings. The zero-order valence-electron chi connectivity index (χ0n) is 22.9. The van der Waals surface area contributed by atoms with E-state index in [1.165, 1.54) is 70.6 Å². The number of unbranched alkanes of at least 4 members (excludes halogenated alkanes) is 1. The molecule has 0 aromatic rings. The van der Waals surface area contributed by atoms with Crippen molar-refractivity contribution in [1.29, 1.82) is 0 Å². The van der Waals surface area contributed by atoms with Crippen LogP contribution in [-0.2, 0) is 0 Å². The molecular weight excluding hydrogens is 360 g/mol. The van der Waals surface area contributed by atoms with Crippen LogP contribution in [0.25, 0.3) is 0 Å². The van der Waals surface area contributed by atoms with Crippen molar-refractivity contribution in [3.63, 3.8) is 0 Å². The van der Waals surface area contributed by atoms with Crippen LogP contribution in [0.3, 0.4) is 0 Å². The quantitative estimate of drug-likeness (QED) is 0.219. The molecule has 0 spiro atoms. The van der Waals surface area contributed by atoms with Crippen LogP contribution in [0.15, 0.2) is 0 Å². The summed E-state index contributed by atoms with van der Waals surface area (Å²) in [6.45, 7) is 24.8. The summed E-state index contributed by atoms with van der Waals surface area (Å²) in [6.07, 6.45) is 15.6. The lowest BCUT2D eigenvalue weighted by Gasteiger charge is -2.38. The maximum atomic E-state index is 2.60. The molecule has 6 atom stereocenters. The van der Waals surface area contributed by atoms with E-state index >= 15 is 0 Å². The maximum Gasteiger partial charge on any atom is -0.0349 e. The molecule has 1 aliphatic rings. The van der Waals surface area contributed by atoms with Crippen LogP contribution in [-0.4, -0.2) is 0 Å². The predicted octanol–water partition coefficient (Wildman–Crippen LogP) is 10.4. The summed E-state index contributed by atoms with van der Waals surface area (Å²) in [5.74, 6) is 7.58. The van der Waals surface area contributed by atoms with Gasteiger partial charge < -0.3 is 0 Å². The van der Waals surface area contributed by atoms with E-state index in [0.717, 1.165) is 47.3 Å². The van der Waals surface area contributed by atoms with Gasteiger partial charge in [0.25, 0.3) is 0 Å². The molecule has 0 nitrogen and oxygen atoms in total. The average Bonchev–Trinajstić information content (AvgIpc) is 3.50. The molecule has 1 aliphatic carbocycles. The molecule has 0 amide bonds. The van der Waals surface area contributed by atoms with Gasteiger partial charge in [-0.3, -0.25) is 0 Å². The van der Waals surface area contributed by atoms with E-state index in [1.807, 2.05) is 0 Å². The minimum atomic E-state index is 0.493. The lowest BCUT2D eigenvalue weighted by Crippen LogP contribution is -2.28. The van der Waals surface area contributed by atoms with Gasteiger partial charge in [0.05, 0.1) is 0 Å². The molecule has 30 heavy (non-hydrogen) atoms. The first kappa shape index (κ1) is 28.0. The largest absolute Gasteiger partial charge is 0.0654 e. The van der Waals surface area contributed by atoms with Crippen LogP contribution in [0, 0.1) is 52.8 Å². The van der Waals surface area contributed by atoms with Gasteiger partial charge in [0, 0.05) is 0 Å². The SMILES string of the molecule is CCCCC(C(C)C)C(CC)CC(C)(C)CC(CC)C1CC1C(C)CC(CC)CC. The Kier molecular flexibility index (Phi) is 12.6. The highest BCUT2D eigenvalue weighted by atomic mass is 14.5. The summed E-state index contributed by atoms with van der Waals surface area (Å²) in [4.78, 5) is 0. The molecule has 0 aromatic heterocycles. The number of rotatable bonds is 17. The van der Waals surface area contributed by atoms with E-state index in [4.69, 9.17) is 0 Å². The van der Waals surface area contributed by atoms with Crippen LogP contribution in [0.4, 0.5) is 0 Å². The Labute approximate surface area is 192 Å². The van der Waals surface area contributed by atoms with Gasteiger partial charge in [-0.15, -0.1) is 0 Å². The van der Waals surface area contributed by atoms with Crippen LogP contribution in [0.1, 0.15) is 140 Å². The Hall–Kier alpha value is 0. The minimum Gasteiger partial charge on any atom is -0.0654 e. The van der Waals surface area contributed by atoms with Crippen LogP contribution in [0.5, 0.6) is 0 Å². The predicted molar refractivity (Wildman–Crippen MR) is 138 cm³/mol. The third kappa shape index (κ3) is 8.86. The van der Waals surface area contributed by atoms with Crippen molar-refractivity contribution in [2.24, 2.45) is 52.8 Å². The van der Waals surface area contributed by atoms with Crippen molar-refractivity contribution in [3.8, 4) is 0 Å². The molecular formula is C30H60. The van der Waals surface area contributed by atoms with Crippen molar-refractivity contribution in [2.45, 2.75) is 140 Å². The topological polar surface area (TPSA) is 0 Å². The van der Waals surface area contributed by atoms with Gasteiger partial charge in [0.15, 0.2) is 0 Å². The van der Waals surface area contributed by atoms with Gasteiger partial charge in [0.1, 0.15) is 0 Å². The summed E-state index contributed by atoms with van der Waals surface area (Å²) in [5, 5.41) is 0. The Morgan fingerprint density at radius 2 is 1.43 bits per heavy atom.